The van der Waals surface area contributed by atoms with Gasteiger partial charge in [-0.2, -0.15) is 0 Å². The first-order chi connectivity index (χ1) is 12.1. The van der Waals surface area contributed by atoms with Crippen LogP contribution in [0.4, 0.5) is 0 Å². The van der Waals surface area contributed by atoms with Crippen LogP contribution in [0, 0.1) is 0 Å². The highest BCUT2D eigenvalue weighted by atomic mass is 16.7. The van der Waals surface area contributed by atoms with E-state index in [-0.39, 0.29) is 11.4 Å². The van der Waals surface area contributed by atoms with Gasteiger partial charge in [-0.05, 0) is 18.2 Å². The Morgan fingerprint density at radius 1 is 1.00 bits per heavy atom. The van der Waals surface area contributed by atoms with Crippen LogP contribution in [0.15, 0.2) is 71.5 Å². The number of aromatic hydroxyl groups is 1. The molecule has 1 N–H and O–H groups in total. The Labute approximate surface area is 141 Å². The van der Waals surface area contributed by atoms with Gasteiger partial charge in [-0.15, -0.1) is 4.73 Å². The molecular formula is C19H12N2O4. The highest BCUT2D eigenvalue weighted by Crippen LogP contribution is 2.21. The number of fused-ring (bicyclic) bond motifs is 2. The molecule has 0 saturated carbocycles. The van der Waals surface area contributed by atoms with E-state index in [0.29, 0.717) is 16.4 Å². The molecule has 0 fully saturated rings. The van der Waals surface area contributed by atoms with Gasteiger partial charge in [0.05, 0.1) is 16.6 Å². The van der Waals surface area contributed by atoms with E-state index in [9.17, 15) is 14.7 Å². The minimum absolute atomic E-state index is 0.128. The molecule has 4 aromatic rings. The van der Waals surface area contributed by atoms with Gasteiger partial charge in [0.2, 0.25) is 5.88 Å². The van der Waals surface area contributed by atoms with Gasteiger partial charge in [-0.3, -0.25) is 4.79 Å². The van der Waals surface area contributed by atoms with E-state index in [1.165, 1.54) is 12.1 Å². The van der Waals surface area contributed by atoms with E-state index in [1.807, 2.05) is 12.1 Å². The summed E-state index contributed by atoms with van der Waals surface area (Å²) >= 11 is 0. The Balaban J connectivity index is 1.85. The smallest absolute Gasteiger partial charge is 0.364 e. The second kappa shape index (κ2) is 5.76. The lowest BCUT2D eigenvalue weighted by atomic mass is 10.1. The Kier molecular flexibility index (Phi) is 3.43. The maximum absolute atomic E-state index is 12.7. The zero-order chi connectivity index (χ0) is 17.4. The van der Waals surface area contributed by atoms with Gasteiger partial charge in [-0.1, -0.05) is 36.4 Å². The number of rotatable bonds is 2. The third kappa shape index (κ3) is 2.59. The first-order valence-electron chi connectivity index (χ1n) is 7.56. The molecule has 122 valence electrons. The molecule has 4 rings (SSSR count). The third-order valence-electron chi connectivity index (χ3n) is 3.86. The van der Waals surface area contributed by atoms with Gasteiger partial charge in [0.25, 0.3) is 5.56 Å². The average Bonchev–Trinajstić information content (AvgIpc) is 2.63. The number of nitrogens with zero attached hydrogens (tertiary/aromatic N) is 2. The van der Waals surface area contributed by atoms with Crippen molar-refractivity contribution in [2.24, 2.45) is 0 Å². The van der Waals surface area contributed by atoms with E-state index >= 15 is 0 Å². The highest BCUT2D eigenvalue weighted by molar-refractivity contribution is 6.04. The molecule has 6 nitrogen and oxygen atoms in total. The van der Waals surface area contributed by atoms with Gasteiger partial charge in [-0.25, -0.2) is 9.78 Å². The molecule has 0 aliphatic heterocycles. The predicted molar refractivity (Wildman–Crippen MR) is 92.5 cm³/mol. The SMILES string of the molecule is O=C(On1c(=O)ccc2ccccc21)c1cc(O)nc2ccccc12. The first kappa shape index (κ1) is 14.9. The van der Waals surface area contributed by atoms with Gasteiger partial charge in [0.1, 0.15) is 0 Å². The van der Waals surface area contributed by atoms with Crippen LogP contribution in [-0.2, 0) is 0 Å². The standard InChI is InChI=1S/C19H12N2O4/c22-17-11-14(13-6-2-3-7-15(13)20-17)19(24)25-21-16-8-4-1-5-12(16)9-10-18(21)23/h1-11H,(H,20,22). The van der Waals surface area contributed by atoms with Crippen LogP contribution >= 0.6 is 0 Å². The van der Waals surface area contributed by atoms with Crippen molar-refractivity contribution in [1.82, 2.24) is 9.71 Å². The number of aromatic nitrogens is 2. The van der Waals surface area contributed by atoms with E-state index in [2.05, 4.69) is 4.98 Å². The lowest BCUT2D eigenvalue weighted by Gasteiger charge is -2.11. The van der Waals surface area contributed by atoms with Crippen molar-refractivity contribution >= 4 is 27.8 Å². The molecule has 0 aliphatic rings. The van der Waals surface area contributed by atoms with Crippen LogP contribution in [0.5, 0.6) is 5.88 Å². The van der Waals surface area contributed by atoms with E-state index in [0.717, 1.165) is 10.1 Å². The number of pyridine rings is 2. The summed E-state index contributed by atoms with van der Waals surface area (Å²) in [5, 5.41) is 11.1. The number of benzene rings is 2. The normalized spacial score (nSPS) is 10.9. The third-order valence-corrected chi connectivity index (χ3v) is 3.86. The van der Waals surface area contributed by atoms with Crippen LogP contribution in [0.25, 0.3) is 21.8 Å². The zero-order valence-corrected chi connectivity index (χ0v) is 12.9. The molecule has 0 radical (unpaired) electrons. The van der Waals surface area contributed by atoms with Gasteiger partial charge >= 0.3 is 5.97 Å². The molecule has 0 saturated heterocycles. The predicted octanol–water partition coefficient (Wildman–Crippen LogP) is 2.52. The monoisotopic (exact) mass is 332 g/mol. The second-order valence-corrected chi connectivity index (χ2v) is 5.45. The highest BCUT2D eigenvalue weighted by Gasteiger charge is 2.17. The van der Waals surface area contributed by atoms with Gasteiger partial charge in [0, 0.05) is 22.9 Å². The molecule has 2 aromatic heterocycles. The first-order valence-corrected chi connectivity index (χ1v) is 7.56. The summed E-state index contributed by atoms with van der Waals surface area (Å²) in [7, 11) is 0. The summed E-state index contributed by atoms with van der Waals surface area (Å²) in [6.45, 7) is 0. The Bertz CT molecular complexity index is 1180. The summed E-state index contributed by atoms with van der Waals surface area (Å²) in [5.74, 6) is -1.05. The number of hydrogen-bond acceptors (Lipinski definition) is 5. The molecular weight excluding hydrogens is 320 g/mol. The fourth-order valence-corrected chi connectivity index (χ4v) is 2.72. The number of hydrogen-bond donors (Lipinski definition) is 1. The summed E-state index contributed by atoms with van der Waals surface area (Å²) < 4.78 is 0.948. The Morgan fingerprint density at radius 2 is 1.76 bits per heavy atom. The molecule has 6 heteroatoms. The van der Waals surface area contributed by atoms with Crippen LogP contribution in [-0.4, -0.2) is 20.8 Å². The van der Waals surface area contributed by atoms with Gasteiger partial charge < -0.3 is 9.94 Å². The minimum atomic E-state index is -0.757. The van der Waals surface area contributed by atoms with Crippen molar-refractivity contribution in [3.05, 3.63) is 82.6 Å². The molecule has 0 spiro atoms. The van der Waals surface area contributed by atoms with Crippen molar-refractivity contribution in [3.63, 3.8) is 0 Å². The maximum Gasteiger partial charge on any atom is 0.364 e. The molecule has 0 aliphatic carbocycles. The lowest BCUT2D eigenvalue weighted by Crippen LogP contribution is -2.30. The van der Waals surface area contributed by atoms with Crippen molar-refractivity contribution in [3.8, 4) is 5.88 Å². The summed E-state index contributed by atoms with van der Waals surface area (Å²) in [6.07, 6.45) is 0. The van der Waals surface area contributed by atoms with E-state index < -0.39 is 11.5 Å². The van der Waals surface area contributed by atoms with Crippen molar-refractivity contribution in [1.29, 1.82) is 0 Å². The number of carbonyl (C=O) groups is 1. The van der Waals surface area contributed by atoms with Crippen molar-refractivity contribution < 1.29 is 14.7 Å². The van der Waals surface area contributed by atoms with Gasteiger partial charge in [0.15, 0.2) is 0 Å². The van der Waals surface area contributed by atoms with Crippen molar-refractivity contribution in [2.75, 3.05) is 0 Å². The largest absolute Gasteiger partial charge is 0.493 e. The summed E-state index contributed by atoms with van der Waals surface area (Å²) in [4.78, 5) is 34.1. The fraction of sp³-hybridized carbons (Fsp3) is 0. The average molecular weight is 332 g/mol. The maximum atomic E-state index is 12.7. The zero-order valence-electron chi connectivity index (χ0n) is 12.9. The molecule has 0 amide bonds. The molecule has 0 bridgehead atoms. The lowest BCUT2D eigenvalue weighted by molar-refractivity contribution is 0.0467. The number of carbonyl (C=O) groups excluding carboxylic acids is 1. The van der Waals surface area contributed by atoms with Crippen molar-refractivity contribution in [2.45, 2.75) is 0 Å². The fourth-order valence-electron chi connectivity index (χ4n) is 2.72. The molecule has 0 unspecified atom stereocenters. The van der Waals surface area contributed by atoms with Crippen LogP contribution in [0.1, 0.15) is 10.4 Å². The van der Waals surface area contributed by atoms with E-state index in [1.54, 1.807) is 42.5 Å². The summed E-state index contributed by atoms with van der Waals surface area (Å²) in [5.41, 5.74) is 0.600. The van der Waals surface area contributed by atoms with Crippen LogP contribution in [0.3, 0.4) is 0 Å². The van der Waals surface area contributed by atoms with E-state index in [4.69, 9.17) is 4.84 Å². The molecule has 2 heterocycles. The molecule has 2 aromatic carbocycles. The number of para-hydroxylation sites is 2. The Morgan fingerprint density at radius 3 is 2.64 bits per heavy atom. The Hall–Kier alpha value is -3.67. The summed E-state index contributed by atoms with van der Waals surface area (Å²) in [6, 6.07) is 18.2. The topological polar surface area (TPSA) is 81.4 Å². The van der Waals surface area contributed by atoms with Crippen LogP contribution in [0.2, 0.25) is 0 Å². The second-order valence-electron chi connectivity index (χ2n) is 5.45. The molecule has 0 atom stereocenters. The molecule has 25 heavy (non-hydrogen) atoms. The van der Waals surface area contributed by atoms with Crippen LogP contribution < -0.4 is 10.4 Å². The minimum Gasteiger partial charge on any atom is -0.493 e. The quantitative estimate of drug-likeness (QED) is 0.610.